The second-order valence-electron chi connectivity index (χ2n) is 6.34. The summed E-state index contributed by atoms with van der Waals surface area (Å²) in [5.74, 6) is -1.56. The minimum absolute atomic E-state index is 0.0419. The Morgan fingerprint density at radius 3 is 2.64 bits per heavy atom. The van der Waals surface area contributed by atoms with E-state index in [0.717, 1.165) is 10.6 Å². The summed E-state index contributed by atoms with van der Waals surface area (Å²) in [6.45, 7) is 3.77. The minimum atomic E-state index is -0.800. The summed E-state index contributed by atoms with van der Waals surface area (Å²) in [6, 6.07) is 9.57. The van der Waals surface area contributed by atoms with Crippen molar-refractivity contribution in [1.29, 1.82) is 0 Å². The van der Waals surface area contributed by atoms with Gasteiger partial charge in [-0.05, 0) is 43.0 Å². The summed E-state index contributed by atoms with van der Waals surface area (Å²) < 4.78 is 0. The molecule has 0 bridgehead atoms. The van der Waals surface area contributed by atoms with Gasteiger partial charge in [-0.1, -0.05) is 29.8 Å². The Bertz CT molecular complexity index is 1100. The van der Waals surface area contributed by atoms with E-state index < -0.39 is 17.7 Å². The molecule has 8 heteroatoms. The van der Waals surface area contributed by atoms with Gasteiger partial charge in [-0.3, -0.25) is 14.5 Å². The van der Waals surface area contributed by atoms with Crippen molar-refractivity contribution in [3.8, 4) is 0 Å². The smallest absolute Gasteiger partial charge is 0.296 e. The molecule has 1 aliphatic rings. The van der Waals surface area contributed by atoms with Gasteiger partial charge in [-0.2, -0.15) is 0 Å². The lowest BCUT2D eigenvalue weighted by Crippen LogP contribution is -2.31. The number of halogens is 1. The first-order valence-electron chi connectivity index (χ1n) is 8.43. The number of aryl methyl sites for hydroxylation is 2. The number of nitrogens with zero attached hydrogens (tertiary/aromatic N) is 2. The number of anilines is 1. The molecule has 142 valence electrons. The zero-order valence-corrected chi connectivity index (χ0v) is 17.4. The lowest BCUT2D eigenvalue weighted by atomic mass is 9.95. The van der Waals surface area contributed by atoms with Crippen LogP contribution in [0.3, 0.4) is 0 Å². The van der Waals surface area contributed by atoms with Crippen LogP contribution in [0.5, 0.6) is 0 Å². The van der Waals surface area contributed by atoms with E-state index in [1.165, 1.54) is 27.6 Å². The molecule has 1 aromatic carbocycles. The van der Waals surface area contributed by atoms with E-state index in [9.17, 15) is 14.7 Å². The van der Waals surface area contributed by atoms with Crippen molar-refractivity contribution in [2.24, 2.45) is 0 Å². The monoisotopic (exact) mass is 430 g/mol. The van der Waals surface area contributed by atoms with Gasteiger partial charge in [0.15, 0.2) is 10.9 Å². The van der Waals surface area contributed by atoms with Crippen molar-refractivity contribution < 1.29 is 14.7 Å². The van der Waals surface area contributed by atoms with Gasteiger partial charge < -0.3 is 5.11 Å². The molecule has 0 aliphatic carbocycles. The number of hydrogen-bond acceptors (Lipinski definition) is 6. The second-order valence-corrected chi connectivity index (χ2v) is 8.91. The standard InChI is InChI=1S/C20H15ClN2O3S2/c1-10-11(2)28-20(22-10)23-16(12-5-3-6-13(21)9-12)15(18(25)19(23)26)17(24)14-7-4-8-27-14/h3-9,16,25H,1-2H3. The summed E-state index contributed by atoms with van der Waals surface area (Å²) >= 11 is 8.78. The van der Waals surface area contributed by atoms with Crippen LogP contribution < -0.4 is 4.90 Å². The molecule has 5 nitrogen and oxygen atoms in total. The van der Waals surface area contributed by atoms with E-state index >= 15 is 0 Å². The molecule has 0 spiro atoms. The highest BCUT2D eigenvalue weighted by Crippen LogP contribution is 2.44. The summed E-state index contributed by atoms with van der Waals surface area (Å²) in [4.78, 5) is 33.4. The number of thiophene rings is 1. The number of carbonyl (C=O) groups is 2. The largest absolute Gasteiger partial charge is 0.503 e. The molecular formula is C20H15ClN2O3S2. The molecule has 28 heavy (non-hydrogen) atoms. The van der Waals surface area contributed by atoms with Gasteiger partial charge in [0.25, 0.3) is 5.91 Å². The summed E-state index contributed by atoms with van der Waals surface area (Å²) in [5.41, 5.74) is 1.48. The number of aliphatic hydroxyl groups is 1. The maximum atomic E-state index is 13.1. The molecule has 0 saturated heterocycles. The Kier molecular flexibility index (Phi) is 4.82. The number of carbonyl (C=O) groups excluding carboxylic acids is 2. The molecule has 3 aromatic rings. The Morgan fingerprint density at radius 2 is 2.04 bits per heavy atom. The van der Waals surface area contributed by atoms with Crippen molar-refractivity contribution in [3.05, 3.63) is 79.1 Å². The van der Waals surface area contributed by atoms with Crippen LogP contribution in [0.25, 0.3) is 0 Å². The van der Waals surface area contributed by atoms with Crippen LogP contribution in [-0.2, 0) is 4.79 Å². The van der Waals surface area contributed by atoms with Crippen molar-refractivity contribution in [2.75, 3.05) is 4.90 Å². The van der Waals surface area contributed by atoms with E-state index in [1.807, 2.05) is 13.8 Å². The third kappa shape index (κ3) is 3.05. The van der Waals surface area contributed by atoms with Gasteiger partial charge in [0.05, 0.1) is 22.2 Å². The van der Waals surface area contributed by atoms with Crippen molar-refractivity contribution in [1.82, 2.24) is 4.98 Å². The third-order valence-corrected chi connectivity index (χ3v) is 6.76. The molecule has 0 radical (unpaired) electrons. The van der Waals surface area contributed by atoms with E-state index in [2.05, 4.69) is 4.98 Å². The Hall–Kier alpha value is -2.48. The van der Waals surface area contributed by atoms with E-state index in [4.69, 9.17) is 11.6 Å². The first kappa shape index (κ1) is 18.9. The van der Waals surface area contributed by atoms with Crippen LogP contribution in [0, 0.1) is 13.8 Å². The molecule has 2 aromatic heterocycles. The maximum absolute atomic E-state index is 13.1. The maximum Gasteiger partial charge on any atom is 0.296 e. The third-order valence-electron chi connectivity index (χ3n) is 4.59. The predicted molar refractivity (Wildman–Crippen MR) is 112 cm³/mol. The lowest BCUT2D eigenvalue weighted by Gasteiger charge is -2.24. The normalized spacial score (nSPS) is 16.9. The van der Waals surface area contributed by atoms with E-state index in [-0.39, 0.29) is 11.4 Å². The number of aliphatic hydroxyl groups excluding tert-OH is 1. The molecule has 1 N–H and O–H groups in total. The molecule has 1 aliphatic heterocycles. The van der Waals surface area contributed by atoms with Gasteiger partial charge in [-0.25, -0.2) is 4.98 Å². The number of hydrogen-bond donors (Lipinski definition) is 1. The summed E-state index contributed by atoms with van der Waals surface area (Å²) in [5, 5.41) is 13.3. The number of benzene rings is 1. The van der Waals surface area contributed by atoms with Gasteiger partial charge in [0, 0.05) is 9.90 Å². The van der Waals surface area contributed by atoms with E-state index in [1.54, 1.807) is 41.8 Å². The zero-order chi connectivity index (χ0) is 20.0. The van der Waals surface area contributed by atoms with Gasteiger partial charge in [0.1, 0.15) is 0 Å². The Balaban J connectivity index is 1.90. The first-order valence-corrected chi connectivity index (χ1v) is 10.5. The average Bonchev–Trinajstić information content (AvgIpc) is 3.36. The SMILES string of the molecule is Cc1nc(N2C(=O)C(O)=C(C(=O)c3cccs3)C2c2cccc(Cl)c2)sc1C. The number of rotatable bonds is 4. The van der Waals surface area contributed by atoms with E-state index in [0.29, 0.717) is 20.6 Å². The van der Waals surface area contributed by atoms with Crippen LogP contribution >= 0.6 is 34.3 Å². The lowest BCUT2D eigenvalue weighted by molar-refractivity contribution is -0.117. The minimum Gasteiger partial charge on any atom is -0.503 e. The van der Waals surface area contributed by atoms with Crippen molar-refractivity contribution in [2.45, 2.75) is 19.9 Å². The predicted octanol–water partition coefficient (Wildman–Crippen LogP) is 5.26. The quantitative estimate of drug-likeness (QED) is 0.573. The Morgan fingerprint density at radius 1 is 1.25 bits per heavy atom. The van der Waals surface area contributed by atoms with Gasteiger partial charge in [-0.15, -0.1) is 22.7 Å². The molecule has 1 unspecified atom stereocenters. The topological polar surface area (TPSA) is 70.5 Å². The zero-order valence-electron chi connectivity index (χ0n) is 15.0. The van der Waals surface area contributed by atoms with Crippen LogP contribution in [0.2, 0.25) is 5.02 Å². The molecule has 3 heterocycles. The first-order chi connectivity index (χ1) is 13.4. The Labute approximate surface area is 174 Å². The fourth-order valence-corrected chi connectivity index (χ4v) is 4.94. The van der Waals surface area contributed by atoms with Crippen LogP contribution in [0.1, 0.15) is 31.8 Å². The fraction of sp³-hybridized carbons (Fsp3) is 0.150. The molecule has 1 amide bonds. The average molecular weight is 431 g/mol. The number of ketones is 1. The highest BCUT2D eigenvalue weighted by Gasteiger charge is 2.46. The molecule has 4 rings (SSSR count). The van der Waals surface area contributed by atoms with Crippen LogP contribution in [-0.4, -0.2) is 21.8 Å². The van der Waals surface area contributed by atoms with Gasteiger partial charge in [0.2, 0.25) is 5.78 Å². The molecular weight excluding hydrogens is 416 g/mol. The molecule has 0 saturated carbocycles. The summed E-state index contributed by atoms with van der Waals surface area (Å²) in [7, 11) is 0. The highest BCUT2D eigenvalue weighted by atomic mass is 35.5. The fourth-order valence-electron chi connectivity index (χ4n) is 3.13. The number of thiazole rings is 1. The summed E-state index contributed by atoms with van der Waals surface area (Å²) in [6.07, 6.45) is 0. The van der Waals surface area contributed by atoms with Crippen molar-refractivity contribution in [3.63, 3.8) is 0 Å². The highest BCUT2D eigenvalue weighted by molar-refractivity contribution is 7.16. The molecule has 0 fully saturated rings. The van der Waals surface area contributed by atoms with Crippen LogP contribution in [0.4, 0.5) is 5.13 Å². The number of aromatic nitrogens is 1. The van der Waals surface area contributed by atoms with Crippen molar-refractivity contribution >= 4 is 51.1 Å². The van der Waals surface area contributed by atoms with Gasteiger partial charge >= 0.3 is 0 Å². The number of amides is 1. The van der Waals surface area contributed by atoms with Crippen LogP contribution in [0.15, 0.2) is 53.1 Å². The number of Topliss-reactive ketones (excluding diaryl/α,β-unsaturated/α-hetero) is 1. The molecule has 1 atom stereocenters. The second kappa shape index (κ2) is 7.16.